The van der Waals surface area contributed by atoms with Crippen molar-refractivity contribution >= 4 is 0 Å². The molecule has 0 aliphatic heterocycles. The lowest BCUT2D eigenvalue weighted by Gasteiger charge is -2.36. The summed E-state index contributed by atoms with van der Waals surface area (Å²) in [4.78, 5) is 0. The number of rotatable bonds is 2. The highest BCUT2D eigenvalue weighted by atomic mass is 15.0. The first-order chi connectivity index (χ1) is 5.91. The molecule has 0 aromatic carbocycles. The van der Waals surface area contributed by atoms with E-state index in [0.717, 1.165) is 0 Å². The second-order valence-corrected chi connectivity index (χ2v) is 5.97. The van der Waals surface area contributed by atoms with Crippen molar-refractivity contribution in [2.45, 2.75) is 65.3 Å². The van der Waals surface area contributed by atoms with E-state index in [0.29, 0.717) is 5.41 Å². The molecule has 0 spiro atoms. The minimum atomic E-state index is 0.278. The van der Waals surface area contributed by atoms with Gasteiger partial charge in [-0.25, -0.2) is 0 Å². The van der Waals surface area contributed by atoms with Gasteiger partial charge in [0.05, 0.1) is 0 Å². The summed E-state index contributed by atoms with van der Waals surface area (Å²) in [6.45, 7) is 10.4. The lowest BCUT2D eigenvalue weighted by atomic mass is 9.75. The van der Waals surface area contributed by atoms with E-state index < -0.39 is 0 Å². The Balaban J connectivity index is 2.33. The molecule has 0 bridgehead atoms. The van der Waals surface area contributed by atoms with Gasteiger partial charge in [-0.05, 0) is 39.0 Å². The van der Waals surface area contributed by atoms with Gasteiger partial charge < -0.3 is 5.32 Å². The van der Waals surface area contributed by atoms with Gasteiger partial charge in [0.2, 0.25) is 0 Å². The Labute approximate surface area is 83.3 Å². The van der Waals surface area contributed by atoms with Crippen LogP contribution in [0, 0.1) is 5.41 Å². The number of nitrogens with one attached hydrogen (secondary N) is 1. The third kappa shape index (κ3) is 4.12. The van der Waals surface area contributed by atoms with Gasteiger partial charge in [0.25, 0.3) is 0 Å². The van der Waals surface area contributed by atoms with E-state index in [-0.39, 0.29) is 5.54 Å². The van der Waals surface area contributed by atoms with Crippen LogP contribution in [0.25, 0.3) is 0 Å². The van der Waals surface area contributed by atoms with Gasteiger partial charge in [-0.1, -0.05) is 26.2 Å². The van der Waals surface area contributed by atoms with Gasteiger partial charge in [-0.3, -0.25) is 0 Å². The first-order valence-electron chi connectivity index (χ1n) is 5.66. The predicted octanol–water partition coefficient (Wildman–Crippen LogP) is 3.34. The van der Waals surface area contributed by atoms with Crippen LogP contribution < -0.4 is 5.32 Å². The Morgan fingerprint density at radius 1 is 1.08 bits per heavy atom. The average molecular weight is 183 g/mol. The van der Waals surface area contributed by atoms with Crippen LogP contribution in [0.4, 0.5) is 0 Å². The SMILES string of the molecule is CC1(CNC(C)(C)C)CCCCC1. The van der Waals surface area contributed by atoms with E-state index in [2.05, 4.69) is 33.0 Å². The Kier molecular flexibility index (Phi) is 3.39. The normalized spacial score (nSPS) is 23.1. The molecule has 1 aliphatic rings. The summed E-state index contributed by atoms with van der Waals surface area (Å²) in [5, 5.41) is 3.63. The zero-order chi connectivity index (χ0) is 9.95. The molecule has 0 radical (unpaired) electrons. The Bertz CT molecular complexity index is 149. The van der Waals surface area contributed by atoms with Crippen LogP contribution in [-0.4, -0.2) is 12.1 Å². The first kappa shape index (κ1) is 11.0. The van der Waals surface area contributed by atoms with Crippen LogP contribution in [0.3, 0.4) is 0 Å². The summed E-state index contributed by atoms with van der Waals surface area (Å²) in [7, 11) is 0. The van der Waals surface area contributed by atoms with E-state index in [9.17, 15) is 0 Å². The van der Waals surface area contributed by atoms with Crippen molar-refractivity contribution in [3.05, 3.63) is 0 Å². The largest absolute Gasteiger partial charge is 0.312 e. The molecule has 1 fully saturated rings. The van der Waals surface area contributed by atoms with Crippen LogP contribution in [-0.2, 0) is 0 Å². The molecule has 0 saturated heterocycles. The maximum atomic E-state index is 3.63. The third-order valence-corrected chi connectivity index (χ3v) is 3.11. The van der Waals surface area contributed by atoms with E-state index in [1.807, 2.05) is 0 Å². The molecule has 1 saturated carbocycles. The second kappa shape index (κ2) is 4.00. The van der Waals surface area contributed by atoms with Crippen molar-refractivity contribution in [3.8, 4) is 0 Å². The van der Waals surface area contributed by atoms with Crippen LogP contribution in [0.15, 0.2) is 0 Å². The summed E-state index contributed by atoms with van der Waals surface area (Å²) in [5.41, 5.74) is 0.853. The molecule has 1 heteroatoms. The van der Waals surface area contributed by atoms with Crippen molar-refractivity contribution in [3.63, 3.8) is 0 Å². The zero-order valence-electron chi connectivity index (χ0n) is 9.74. The van der Waals surface area contributed by atoms with Gasteiger partial charge in [-0.15, -0.1) is 0 Å². The van der Waals surface area contributed by atoms with E-state index in [4.69, 9.17) is 0 Å². The molecule has 13 heavy (non-hydrogen) atoms. The van der Waals surface area contributed by atoms with Crippen molar-refractivity contribution in [1.82, 2.24) is 5.32 Å². The Morgan fingerprint density at radius 3 is 2.08 bits per heavy atom. The highest BCUT2D eigenvalue weighted by molar-refractivity contribution is 4.83. The minimum Gasteiger partial charge on any atom is -0.312 e. The van der Waals surface area contributed by atoms with Crippen LogP contribution in [0.2, 0.25) is 0 Å². The third-order valence-electron chi connectivity index (χ3n) is 3.11. The Morgan fingerprint density at radius 2 is 1.62 bits per heavy atom. The Hall–Kier alpha value is -0.0400. The lowest BCUT2D eigenvalue weighted by molar-refractivity contribution is 0.190. The molecule has 1 nitrogen and oxygen atoms in total. The summed E-state index contributed by atoms with van der Waals surface area (Å²) >= 11 is 0. The molecular formula is C12H25N. The fourth-order valence-electron chi connectivity index (χ4n) is 2.06. The van der Waals surface area contributed by atoms with Crippen molar-refractivity contribution < 1.29 is 0 Å². The van der Waals surface area contributed by atoms with Crippen LogP contribution >= 0.6 is 0 Å². The van der Waals surface area contributed by atoms with Crippen molar-refractivity contribution in [2.75, 3.05) is 6.54 Å². The van der Waals surface area contributed by atoms with Gasteiger partial charge >= 0.3 is 0 Å². The standard InChI is InChI=1S/C12H25N/c1-11(2,3)13-10-12(4)8-6-5-7-9-12/h13H,5-10H2,1-4H3. The maximum Gasteiger partial charge on any atom is 0.00967 e. The van der Waals surface area contributed by atoms with Crippen molar-refractivity contribution in [2.24, 2.45) is 5.41 Å². The molecule has 0 unspecified atom stereocenters. The van der Waals surface area contributed by atoms with E-state index in [1.165, 1.54) is 38.6 Å². The van der Waals surface area contributed by atoms with Crippen LogP contribution in [0.1, 0.15) is 59.8 Å². The summed E-state index contributed by atoms with van der Waals surface area (Å²) in [5.74, 6) is 0. The summed E-state index contributed by atoms with van der Waals surface area (Å²) < 4.78 is 0. The number of hydrogen-bond donors (Lipinski definition) is 1. The van der Waals surface area contributed by atoms with Gasteiger partial charge in [-0.2, -0.15) is 0 Å². The monoisotopic (exact) mass is 183 g/mol. The summed E-state index contributed by atoms with van der Waals surface area (Å²) in [6, 6.07) is 0. The molecule has 0 heterocycles. The smallest absolute Gasteiger partial charge is 0.00967 e. The highest BCUT2D eigenvalue weighted by Gasteiger charge is 2.27. The molecule has 1 rings (SSSR count). The maximum absolute atomic E-state index is 3.63. The van der Waals surface area contributed by atoms with Gasteiger partial charge in [0.1, 0.15) is 0 Å². The quantitative estimate of drug-likeness (QED) is 0.692. The number of hydrogen-bond acceptors (Lipinski definition) is 1. The molecule has 0 atom stereocenters. The zero-order valence-corrected chi connectivity index (χ0v) is 9.74. The average Bonchev–Trinajstić information content (AvgIpc) is 2.02. The molecule has 1 N–H and O–H groups in total. The molecule has 78 valence electrons. The van der Waals surface area contributed by atoms with Crippen LogP contribution in [0.5, 0.6) is 0 Å². The van der Waals surface area contributed by atoms with E-state index in [1.54, 1.807) is 0 Å². The molecular weight excluding hydrogens is 158 g/mol. The van der Waals surface area contributed by atoms with Gasteiger partial charge in [0, 0.05) is 12.1 Å². The van der Waals surface area contributed by atoms with Crippen molar-refractivity contribution in [1.29, 1.82) is 0 Å². The predicted molar refractivity (Wildman–Crippen MR) is 58.9 cm³/mol. The molecule has 0 aromatic heterocycles. The van der Waals surface area contributed by atoms with Gasteiger partial charge in [0.15, 0.2) is 0 Å². The second-order valence-electron chi connectivity index (χ2n) is 5.97. The fraction of sp³-hybridized carbons (Fsp3) is 1.00. The summed E-state index contributed by atoms with van der Waals surface area (Å²) in [6.07, 6.45) is 7.14. The molecule has 0 aromatic rings. The fourth-order valence-corrected chi connectivity index (χ4v) is 2.06. The highest BCUT2D eigenvalue weighted by Crippen LogP contribution is 2.35. The van der Waals surface area contributed by atoms with E-state index >= 15 is 0 Å². The topological polar surface area (TPSA) is 12.0 Å². The lowest BCUT2D eigenvalue weighted by Crippen LogP contribution is -2.43. The molecule has 1 aliphatic carbocycles. The minimum absolute atomic E-state index is 0.278. The first-order valence-corrected chi connectivity index (χ1v) is 5.66. The molecule has 0 amide bonds.